The lowest BCUT2D eigenvalue weighted by molar-refractivity contribution is -0.137. The van der Waals surface area contributed by atoms with Crippen LogP contribution in [0.3, 0.4) is 0 Å². The summed E-state index contributed by atoms with van der Waals surface area (Å²) in [5.74, 6) is 0.550. The first-order valence-electron chi connectivity index (χ1n) is 11.1. The first kappa shape index (κ1) is 25.1. The van der Waals surface area contributed by atoms with E-state index < -0.39 is 23.7 Å². The van der Waals surface area contributed by atoms with Crippen molar-refractivity contribution >= 4 is 17.5 Å². The van der Waals surface area contributed by atoms with Crippen LogP contribution in [0.5, 0.6) is 11.5 Å². The second-order valence-corrected chi connectivity index (χ2v) is 8.53. The smallest absolute Gasteiger partial charge is 0.416 e. The molecule has 2 N–H and O–H groups in total. The van der Waals surface area contributed by atoms with E-state index >= 15 is 0 Å². The number of nitrogens with two attached hydrogens (primary N) is 1. The number of carbonyl (C=O) groups is 2. The molecule has 1 saturated heterocycles. The van der Waals surface area contributed by atoms with E-state index in [0.717, 1.165) is 12.1 Å². The van der Waals surface area contributed by atoms with E-state index in [1.54, 1.807) is 24.3 Å². The molecule has 1 aliphatic rings. The molecule has 2 aromatic carbocycles. The van der Waals surface area contributed by atoms with Crippen molar-refractivity contribution < 1.29 is 27.5 Å². The lowest BCUT2D eigenvalue weighted by Gasteiger charge is -2.39. The molecule has 1 aliphatic heterocycles. The number of carbonyl (C=O) groups excluding carboxylic acids is 2. The minimum Gasteiger partial charge on any atom is -0.457 e. The summed E-state index contributed by atoms with van der Waals surface area (Å²) in [5.41, 5.74) is 5.32. The van der Waals surface area contributed by atoms with E-state index in [-0.39, 0.29) is 23.1 Å². The van der Waals surface area contributed by atoms with Crippen molar-refractivity contribution in [2.75, 3.05) is 31.6 Å². The fourth-order valence-corrected chi connectivity index (χ4v) is 3.90. The summed E-state index contributed by atoms with van der Waals surface area (Å²) in [7, 11) is 1.93. The topological polar surface area (TPSA) is 102 Å². The molecule has 0 radical (unpaired) electrons. The van der Waals surface area contributed by atoms with Gasteiger partial charge in [0, 0.05) is 31.3 Å². The number of ketones is 1. The maximum absolute atomic E-state index is 12.8. The van der Waals surface area contributed by atoms with Gasteiger partial charge in [-0.05, 0) is 62.5 Å². The third kappa shape index (κ3) is 5.62. The second-order valence-electron chi connectivity index (χ2n) is 8.53. The Bertz CT molecular complexity index is 1260. The maximum atomic E-state index is 12.8. The molecule has 8 nitrogen and oxygen atoms in total. The number of aromatic nitrogens is 2. The molecule has 0 bridgehead atoms. The molecular weight excluding hydrogens is 475 g/mol. The van der Waals surface area contributed by atoms with Gasteiger partial charge < -0.3 is 20.3 Å². The van der Waals surface area contributed by atoms with Crippen molar-refractivity contribution in [3.8, 4) is 22.9 Å². The molecule has 0 saturated carbocycles. The standard InChI is InChI=1S/C25H24F3N5O3/c1-15(34)21-14-32(2)11-12-33(21)22-13-20(23(29)35)30-24(31-22)16-3-7-18(8-4-16)36-19-9-5-17(6-10-19)25(26,27)28/h3-10,13,21H,11-12,14H2,1-2H3,(H2,29,35). The molecule has 0 aliphatic carbocycles. The average molecular weight is 499 g/mol. The van der Waals surface area contributed by atoms with Crippen LogP contribution in [0.2, 0.25) is 0 Å². The number of alkyl halides is 3. The highest BCUT2D eigenvalue weighted by molar-refractivity contribution is 5.92. The Kier molecular flexibility index (Phi) is 6.93. The molecule has 36 heavy (non-hydrogen) atoms. The molecule has 11 heteroatoms. The number of halogens is 3. The minimum atomic E-state index is -4.42. The highest BCUT2D eigenvalue weighted by Crippen LogP contribution is 2.32. The third-order valence-electron chi connectivity index (χ3n) is 5.84. The number of rotatable bonds is 6. The average Bonchev–Trinajstić information content (AvgIpc) is 2.84. The Morgan fingerprint density at radius 1 is 1.00 bits per heavy atom. The van der Waals surface area contributed by atoms with Crippen LogP contribution in [0, 0.1) is 0 Å². The van der Waals surface area contributed by atoms with Crippen molar-refractivity contribution in [1.29, 1.82) is 0 Å². The van der Waals surface area contributed by atoms with Crippen LogP contribution < -0.4 is 15.4 Å². The Labute approximate surface area is 205 Å². The fourth-order valence-electron chi connectivity index (χ4n) is 3.90. The van der Waals surface area contributed by atoms with Gasteiger partial charge in [0.1, 0.15) is 29.1 Å². The van der Waals surface area contributed by atoms with Gasteiger partial charge >= 0.3 is 6.18 Å². The largest absolute Gasteiger partial charge is 0.457 e. The van der Waals surface area contributed by atoms with E-state index in [0.29, 0.717) is 36.8 Å². The normalized spacial score (nSPS) is 16.6. The Balaban J connectivity index is 1.60. The lowest BCUT2D eigenvalue weighted by atomic mass is 10.1. The van der Waals surface area contributed by atoms with Crippen molar-refractivity contribution in [2.24, 2.45) is 5.73 Å². The number of Topliss-reactive ketones (excluding diaryl/α,β-unsaturated/α-hetero) is 1. The van der Waals surface area contributed by atoms with Gasteiger partial charge in [0.15, 0.2) is 11.6 Å². The number of piperazine rings is 1. The number of benzene rings is 2. The first-order valence-corrected chi connectivity index (χ1v) is 11.1. The van der Waals surface area contributed by atoms with E-state index in [9.17, 15) is 22.8 Å². The summed E-state index contributed by atoms with van der Waals surface area (Å²) in [4.78, 5) is 37.0. The zero-order valence-electron chi connectivity index (χ0n) is 19.6. The number of hydrogen-bond donors (Lipinski definition) is 1. The maximum Gasteiger partial charge on any atom is 0.416 e. The summed E-state index contributed by atoms with van der Waals surface area (Å²) in [6.45, 7) is 3.29. The zero-order valence-corrected chi connectivity index (χ0v) is 19.6. The van der Waals surface area contributed by atoms with Crippen LogP contribution in [0.1, 0.15) is 23.0 Å². The molecule has 1 fully saturated rings. The number of amides is 1. The summed E-state index contributed by atoms with van der Waals surface area (Å²) >= 11 is 0. The Morgan fingerprint density at radius 3 is 2.17 bits per heavy atom. The van der Waals surface area contributed by atoms with E-state index in [4.69, 9.17) is 10.5 Å². The van der Waals surface area contributed by atoms with Crippen LogP contribution in [-0.2, 0) is 11.0 Å². The Hall–Kier alpha value is -3.99. The SMILES string of the molecule is CC(=O)C1CN(C)CCN1c1cc(C(N)=O)nc(-c2ccc(Oc3ccc(C(F)(F)F)cc3)cc2)n1. The van der Waals surface area contributed by atoms with Gasteiger partial charge in [-0.15, -0.1) is 0 Å². The van der Waals surface area contributed by atoms with Crippen molar-refractivity contribution in [2.45, 2.75) is 19.1 Å². The van der Waals surface area contributed by atoms with Gasteiger partial charge in [-0.3, -0.25) is 9.59 Å². The molecule has 3 aromatic rings. The molecule has 188 valence electrons. The number of likely N-dealkylation sites (N-methyl/N-ethyl adjacent to an activating group) is 1. The molecule has 1 amide bonds. The monoisotopic (exact) mass is 499 g/mol. The summed E-state index contributed by atoms with van der Waals surface area (Å²) in [6, 6.07) is 12.0. The minimum absolute atomic E-state index is 0.0151. The fraction of sp³-hybridized carbons (Fsp3) is 0.280. The van der Waals surface area contributed by atoms with Gasteiger partial charge in [-0.2, -0.15) is 13.2 Å². The molecular formula is C25H24F3N5O3. The van der Waals surface area contributed by atoms with Gasteiger partial charge in [-0.1, -0.05) is 0 Å². The first-order chi connectivity index (χ1) is 17.0. The number of hydrogen-bond acceptors (Lipinski definition) is 7. The van der Waals surface area contributed by atoms with Gasteiger partial charge in [-0.25, -0.2) is 9.97 Å². The molecule has 4 rings (SSSR count). The van der Waals surface area contributed by atoms with E-state index in [2.05, 4.69) is 14.9 Å². The van der Waals surface area contributed by atoms with E-state index in [1.165, 1.54) is 25.1 Å². The van der Waals surface area contributed by atoms with Gasteiger partial charge in [0.25, 0.3) is 5.91 Å². The summed E-state index contributed by atoms with van der Waals surface area (Å²) in [5, 5.41) is 0. The lowest BCUT2D eigenvalue weighted by Crippen LogP contribution is -2.55. The van der Waals surface area contributed by atoms with E-state index in [1.807, 2.05) is 11.9 Å². The van der Waals surface area contributed by atoms with Crippen molar-refractivity contribution in [1.82, 2.24) is 14.9 Å². The number of nitrogens with zero attached hydrogens (tertiary/aromatic N) is 4. The number of anilines is 1. The number of primary amides is 1. The van der Waals surface area contributed by atoms with Crippen LogP contribution in [0.25, 0.3) is 11.4 Å². The summed E-state index contributed by atoms with van der Waals surface area (Å²) in [6.07, 6.45) is -4.42. The highest BCUT2D eigenvalue weighted by Gasteiger charge is 2.31. The molecule has 1 unspecified atom stereocenters. The molecule has 0 spiro atoms. The van der Waals surface area contributed by atoms with Crippen LogP contribution >= 0.6 is 0 Å². The van der Waals surface area contributed by atoms with Gasteiger partial charge in [0.05, 0.1) is 5.56 Å². The Morgan fingerprint density at radius 2 is 1.61 bits per heavy atom. The highest BCUT2D eigenvalue weighted by atomic mass is 19.4. The van der Waals surface area contributed by atoms with Gasteiger partial charge in [0.2, 0.25) is 0 Å². The van der Waals surface area contributed by atoms with Crippen LogP contribution in [0.4, 0.5) is 19.0 Å². The predicted octanol–water partition coefficient (Wildman–Crippen LogP) is 3.76. The van der Waals surface area contributed by atoms with Crippen LogP contribution in [0.15, 0.2) is 54.6 Å². The quantitative estimate of drug-likeness (QED) is 0.551. The number of ether oxygens (including phenoxy) is 1. The zero-order chi connectivity index (χ0) is 26.0. The summed E-state index contributed by atoms with van der Waals surface area (Å²) < 4.78 is 43.9. The molecule has 1 aromatic heterocycles. The molecule has 1 atom stereocenters. The predicted molar refractivity (Wildman–Crippen MR) is 127 cm³/mol. The molecule has 2 heterocycles. The second kappa shape index (κ2) is 9.94. The van der Waals surface area contributed by atoms with Crippen LogP contribution in [-0.4, -0.2) is 59.3 Å². The third-order valence-corrected chi connectivity index (χ3v) is 5.84. The van der Waals surface area contributed by atoms with Crippen molar-refractivity contribution in [3.63, 3.8) is 0 Å². The van der Waals surface area contributed by atoms with Crippen molar-refractivity contribution in [3.05, 3.63) is 65.9 Å².